The van der Waals surface area contributed by atoms with Gasteiger partial charge in [-0.25, -0.2) is 0 Å². The second kappa shape index (κ2) is 10.7. The Kier molecular flexibility index (Phi) is 12.6. The molecule has 0 aromatic rings. The van der Waals surface area contributed by atoms with Gasteiger partial charge in [-0.1, -0.05) is 46.5 Å². The Labute approximate surface area is 77.6 Å². The van der Waals surface area contributed by atoms with Crippen molar-refractivity contribution in [1.29, 1.82) is 0 Å². The molecule has 0 aliphatic heterocycles. The van der Waals surface area contributed by atoms with E-state index >= 15 is 0 Å². The van der Waals surface area contributed by atoms with Crippen LogP contribution in [-0.4, -0.2) is 5.78 Å². The van der Waals surface area contributed by atoms with Crippen LogP contribution in [0.25, 0.3) is 0 Å². The van der Waals surface area contributed by atoms with E-state index in [9.17, 15) is 4.79 Å². The summed E-state index contributed by atoms with van der Waals surface area (Å²) in [6.45, 7) is 9.40. The molecule has 0 aromatic heterocycles. The lowest BCUT2D eigenvalue weighted by molar-refractivity contribution is -0.114. The molecule has 1 rings (SSSR count). The zero-order valence-electron chi connectivity index (χ0n) is 9.31. The summed E-state index contributed by atoms with van der Waals surface area (Å²) in [7, 11) is 0. The van der Waals surface area contributed by atoms with Crippen LogP contribution in [0.5, 0.6) is 0 Å². The van der Waals surface area contributed by atoms with E-state index in [0.717, 1.165) is 5.92 Å². The molecule has 0 aromatic carbocycles. The van der Waals surface area contributed by atoms with Crippen LogP contribution >= 0.6 is 0 Å². The number of ketones is 1. The van der Waals surface area contributed by atoms with Crippen molar-refractivity contribution in [3.8, 4) is 0 Å². The van der Waals surface area contributed by atoms with Crippen LogP contribution in [0, 0.1) is 5.92 Å². The van der Waals surface area contributed by atoms with Crippen molar-refractivity contribution >= 4 is 5.78 Å². The third-order valence-corrected chi connectivity index (χ3v) is 1.64. The summed E-state index contributed by atoms with van der Waals surface area (Å²) in [5, 5.41) is 0. The highest BCUT2D eigenvalue weighted by Crippen LogP contribution is 2.22. The molecule has 0 radical (unpaired) electrons. The highest BCUT2D eigenvalue weighted by molar-refractivity contribution is 5.72. The molecule has 1 nitrogen and oxygen atoms in total. The zero-order valence-corrected chi connectivity index (χ0v) is 9.31. The summed E-state index contributed by atoms with van der Waals surface area (Å²) in [5.74, 6) is 1.21. The van der Waals surface area contributed by atoms with Gasteiger partial charge in [-0.2, -0.15) is 0 Å². The first-order chi connectivity index (χ1) is 5.63. The van der Waals surface area contributed by atoms with Gasteiger partial charge >= 0.3 is 0 Å². The smallest absolute Gasteiger partial charge is 0.126 e. The van der Waals surface area contributed by atoms with Gasteiger partial charge in [0.25, 0.3) is 0 Å². The van der Waals surface area contributed by atoms with Gasteiger partial charge in [0.15, 0.2) is 0 Å². The van der Waals surface area contributed by atoms with Crippen LogP contribution in [0.4, 0.5) is 0 Å². The van der Waals surface area contributed by atoms with Gasteiger partial charge in [-0.15, -0.1) is 0 Å². The van der Waals surface area contributed by atoms with Gasteiger partial charge < -0.3 is 4.79 Å². The minimum atomic E-state index is 0.167. The standard InChI is InChI=1S/C6H12.C3H6O.C2H6/c1-6-4-2-3-5-6;1-3(2)4;1-2/h6H,2-5H2,1H3;1-2H3;1-2H3. The molecule has 0 atom stereocenters. The van der Waals surface area contributed by atoms with E-state index in [1.54, 1.807) is 0 Å². The van der Waals surface area contributed by atoms with Crippen LogP contribution in [0.1, 0.15) is 60.3 Å². The van der Waals surface area contributed by atoms with E-state index in [2.05, 4.69) is 6.92 Å². The van der Waals surface area contributed by atoms with Crippen molar-refractivity contribution in [1.82, 2.24) is 0 Å². The number of hydrogen-bond acceptors (Lipinski definition) is 1. The summed E-state index contributed by atoms with van der Waals surface area (Å²) < 4.78 is 0. The molecule has 0 unspecified atom stereocenters. The van der Waals surface area contributed by atoms with Crippen molar-refractivity contribution in [3.05, 3.63) is 0 Å². The quantitative estimate of drug-likeness (QED) is 0.543. The molecule has 0 amide bonds. The van der Waals surface area contributed by atoms with E-state index in [1.807, 2.05) is 13.8 Å². The second-order valence-corrected chi connectivity index (χ2v) is 3.30. The summed E-state index contributed by atoms with van der Waals surface area (Å²) in [6, 6.07) is 0. The Morgan fingerprint density at radius 1 is 1.08 bits per heavy atom. The predicted molar refractivity (Wildman–Crippen MR) is 55.3 cm³/mol. The van der Waals surface area contributed by atoms with Crippen LogP contribution in [0.15, 0.2) is 0 Å². The normalized spacial score (nSPS) is 15.4. The van der Waals surface area contributed by atoms with Crippen molar-refractivity contribution < 1.29 is 4.79 Å². The maximum atomic E-state index is 9.44. The molecule has 1 aliphatic rings. The van der Waals surface area contributed by atoms with Gasteiger partial charge in [0, 0.05) is 0 Å². The molecular formula is C11H24O. The number of carbonyl (C=O) groups excluding carboxylic acids is 1. The van der Waals surface area contributed by atoms with Gasteiger partial charge in [-0.3, -0.25) is 0 Å². The van der Waals surface area contributed by atoms with Crippen molar-refractivity contribution in [2.24, 2.45) is 5.92 Å². The summed E-state index contributed by atoms with van der Waals surface area (Å²) in [6.07, 6.45) is 5.95. The molecule has 1 aliphatic carbocycles. The summed E-state index contributed by atoms with van der Waals surface area (Å²) in [5.41, 5.74) is 0. The Bertz CT molecular complexity index is 87.2. The molecule has 74 valence electrons. The predicted octanol–water partition coefficient (Wildman–Crippen LogP) is 3.82. The molecule has 1 fully saturated rings. The molecule has 0 saturated heterocycles. The van der Waals surface area contributed by atoms with E-state index in [0.29, 0.717) is 0 Å². The third kappa shape index (κ3) is 16.3. The Hall–Kier alpha value is -0.330. The highest BCUT2D eigenvalue weighted by Gasteiger charge is 2.07. The van der Waals surface area contributed by atoms with Crippen molar-refractivity contribution in [3.63, 3.8) is 0 Å². The van der Waals surface area contributed by atoms with Gasteiger partial charge in [-0.05, 0) is 19.8 Å². The zero-order chi connectivity index (χ0) is 9.98. The fraction of sp³-hybridized carbons (Fsp3) is 0.909. The SMILES string of the molecule is CC.CC(C)=O.CC1CCCC1. The van der Waals surface area contributed by atoms with Gasteiger partial charge in [0.05, 0.1) is 0 Å². The van der Waals surface area contributed by atoms with Crippen LogP contribution in [0.3, 0.4) is 0 Å². The highest BCUT2D eigenvalue weighted by atomic mass is 16.1. The lowest BCUT2D eigenvalue weighted by Crippen LogP contribution is -1.78. The average molecular weight is 172 g/mol. The maximum absolute atomic E-state index is 9.44. The number of hydrogen-bond donors (Lipinski definition) is 0. The molecule has 0 spiro atoms. The molecule has 1 saturated carbocycles. The topological polar surface area (TPSA) is 17.1 Å². The maximum Gasteiger partial charge on any atom is 0.126 e. The van der Waals surface area contributed by atoms with Crippen molar-refractivity contribution in [2.45, 2.75) is 60.3 Å². The largest absolute Gasteiger partial charge is 0.300 e. The minimum absolute atomic E-state index is 0.167. The first-order valence-corrected chi connectivity index (χ1v) is 5.10. The first-order valence-electron chi connectivity index (χ1n) is 5.10. The second-order valence-electron chi connectivity index (χ2n) is 3.30. The van der Waals surface area contributed by atoms with Crippen LogP contribution < -0.4 is 0 Å². The number of rotatable bonds is 0. The van der Waals surface area contributed by atoms with Crippen molar-refractivity contribution in [2.75, 3.05) is 0 Å². The fourth-order valence-corrected chi connectivity index (χ4v) is 1.13. The van der Waals surface area contributed by atoms with E-state index in [1.165, 1.54) is 39.5 Å². The summed E-state index contributed by atoms with van der Waals surface area (Å²) in [4.78, 5) is 9.44. The fourth-order valence-electron chi connectivity index (χ4n) is 1.13. The van der Waals surface area contributed by atoms with Gasteiger partial charge in [0.1, 0.15) is 5.78 Å². The molecule has 1 heteroatoms. The third-order valence-electron chi connectivity index (χ3n) is 1.64. The van der Waals surface area contributed by atoms with Gasteiger partial charge in [0.2, 0.25) is 0 Å². The molecule has 0 N–H and O–H groups in total. The van der Waals surface area contributed by atoms with Crippen LogP contribution in [-0.2, 0) is 4.79 Å². The lowest BCUT2D eigenvalue weighted by atomic mass is 10.2. The first kappa shape index (κ1) is 14.2. The Balaban J connectivity index is 0. The molecular weight excluding hydrogens is 148 g/mol. The van der Waals surface area contributed by atoms with Crippen LogP contribution in [0.2, 0.25) is 0 Å². The number of carbonyl (C=O) groups is 1. The molecule has 0 bridgehead atoms. The van der Waals surface area contributed by atoms with E-state index < -0.39 is 0 Å². The molecule has 0 heterocycles. The monoisotopic (exact) mass is 172 g/mol. The number of Topliss-reactive ketones (excluding diaryl/α,β-unsaturated/α-hetero) is 1. The summed E-state index contributed by atoms with van der Waals surface area (Å²) >= 11 is 0. The lowest BCUT2D eigenvalue weighted by Gasteiger charge is -1.91. The Morgan fingerprint density at radius 3 is 1.42 bits per heavy atom. The average Bonchev–Trinajstić information content (AvgIpc) is 2.43. The molecule has 12 heavy (non-hydrogen) atoms. The van der Waals surface area contributed by atoms with E-state index in [-0.39, 0.29) is 5.78 Å². The minimum Gasteiger partial charge on any atom is -0.300 e. The Morgan fingerprint density at radius 2 is 1.33 bits per heavy atom. The van der Waals surface area contributed by atoms with E-state index in [4.69, 9.17) is 0 Å².